The van der Waals surface area contributed by atoms with Gasteiger partial charge in [0.25, 0.3) is 0 Å². The van der Waals surface area contributed by atoms with Crippen LogP contribution < -0.4 is 0 Å². The Balaban J connectivity index is 1.68. The fraction of sp³-hybridized carbons (Fsp3) is 0.0909. The van der Waals surface area contributed by atoms with Crippen LogP contribution in [0.2, 0.25) is 0 Å². The zero-order valence-corrected chi connectivity index (χ0v) is 14.8. The first-order chi connectivity index (χ1) is 13.7. The summed E-state index contributed by atoms with van der Waals surface area (Å²) in [5.74, 6) is -1.70. The lowest BCUT2D eigenvalue weighted by molar-refractivity contribution is 0.502. The minimum atomic E-state index is -0.852. The van der Waals surface area contributed by atoms with Crippen molar-refractivity contribution in [3.63, 3.8) is 0 Å². The minimum Gasteiger partial charge on any atom is -0.343 e. The van der Waals surface area contributed by atoms with E-state index in [9.17, 15) is 8.78 Å². The zero-order valence-electron chi connectivity index (χ0n) is 14.8. The third-order valence-corrected chi connectivity index (χ3v) is 5.35. The molecule has 1 atom stereocenters. The van der Waals surface area contributed by atoms with Crippen LogP contribution in [0, 0.1) is 11.6 Å². The predicted molar refractivity (Wildman–Crippen MR) is 102 cm³/mol. The maximum Gasteiger partial charge on any atom is 0.159 e. The van der Waals surface area contributed by atoms with Crippen LogP contribution in [0.1, 0.15) is 22.4 Å². The standard InChI is InChI=1S/C22H16F2N4/c23-17-7-6-15(10-18(17)24)22(14-4-2-1-3-5-14)9-8-16-19(11-22)27-28-21(16)20-12-25-13-26-20/h1-10,12-13H,11H2,(H,25,26)(H,27,28). The molecule has 2 aromatic heterocycles. The second-order valence-corrected chi connectivity index (χ2v) is 6.91. The van der Waals surface area contributed by atoms with Crippen LogP contribution in [-0.2, 0) is 11.8 Å². The maximum absolute atomic E-state index is 14.1. The van der Waals surface area contributed by atoms with E-state index in [0.717, 1.165) is 28.2 Å². The number of fused-ring (bicyclic) bond motifs is 1. The number of imidazole rings is 1. The summed E-state index contributed by atoms with van der Waals surface area (Å²) in [5, 5.41) is 7.56. The van der Waals surface area contributed by atoms with E-state index < -0.39 is 17.0 Å². The number of H-pyrrole nitrogens is 2. The van der Waals surface area contributed by atoms with Crippen LogP contribution >= 0.6 is 0 Å². The van der Waals surface area contributed by atoms with Crippen LogP contribution in [0.3, 0.4) is 0 Å². The topological polar surface area (TPSA) is 57.4 Å². The van der Waals surface area contributed by atoms with Gasteiger partial charge >= 0.3 is 0 Å². The molecule has 5 rings (SSSR count). The Morgan fingerprint density at radius 2 is 1.82 bits per heavy atom. The molecule has 1 unspecified atom stereocenters. The Labute approximate surface area is 160 Å². The highest BCUT2D eigenvalue weighted by atomic mass is 19.2. The molecule has 0 saturated heterocycles. The van der Waals surface area contributed by atoms with Crippen LogP contribution in [0.25, 0.3) is 17.5 Å². The van der Waals surface area contributed by atoms with E-state index in [1.807, 2.05) is 42.5 Å². The summed E-state index contributed by atoms with van der Waals surface area (Å²) < 4.78 is 27.6. The van der Waals surface area contributed by atoms with Crippen molar-refractivity contribution < 1.29 is 8.78 Å². The lowest BCUT2D eigenvalue weighted by atomic mass is 9.68. The van der Waals surface area contributed by atoms with Gasteiger partial charge in [0.05, 0.1) is 18.2 Å². The van der Waals surface area contributed by atoms with E-state index in [4.69, 9.17) is 0 Å². The van der Waals surface area contributed by atoms with Crippen LogP contribution in [0.4, 0.5) is 8.78 Å². The second kappa shape index (κ2) is 6.27. The highest BCUT2D eigenvalue weighted by Crippen LogP contribution is 2.43. The lowest BCUT2D eigenvalue weighted by Gasteiger charge is -2.34. The maximum atomic E-state index is 14.1. The van der Waals surface area contributed by atoms with Crippen molar-refractivity contribution in [1.82, 2.24) is 20.2 Å². The lowest BCUT2D eigenvalue weighted by Crippen LogP contribution is -2.30. The molecule has 0 spiro atoms. The minimum absolute atomic E-state index is 0.551. The molecule has 2 N–H and O–H groups in total. The Hall–Kier alpha value is -3.54. The van der Waals surface area contributed by atoms with Crippen molar-refractivity contribution in [3.05, 3.63) is 101 Å². The van der Waals surface area contributed by atoms with E-state index in [-0.39, 0.29) is 0 Å². The molecule has 0 amide bonds. The van der Waals surface area contributed by atoms with Gasteiger partial charge in [-0.25, -0.2) is 13.8 Å². The Kier molecular flexibility index (Phi) is 3.72. The molecule has 1 aliphatic carbocycles. The van der Waals surface area contributed by atoms with Crippen molar-refractivity contribution in [2.75, 3.05) is 0 Å². The largest absolute Gasteiger partial charge is 0.343 e. The molecule has 4 aromatic rings. The van der Waals surface area contributed by atoms with Gasteiger partial charge in [-0.05, 0) is 23.3 Å². The van der Waals surface area contributed by atoms with Crippen molar-refractivity contribution in [2.24, 2.45) is 0 Å². The summed E-state index contributed by atoms with van der Waals surface area (Å²) >= 11 is 0. The quantitative estimate of drug-likeness (QED) is 0.549. The molecule has 0 aliphatic heterocycles. The van der Waals surface area contributed by atoms with Gasteiger partial charge in [0.2, 0.25) is 0 Å². The van der Waals surface area contributed by atoms with Gasteiger partial charge in [-0.3, -0.25) is 5.10 Å². The van der Waals surface area contributed by atoms with Gasteiger partial charge in [0.15, 0.2) is 11.6 Å². The first kappa shape index (κ1) is 16.6. The summed E-state index contributed by atoms with van der Waals surface area (Å²) in [6, 6.07) is 13.9. The number of aromatic amines is 2. The number of aromatic nitrogens is 4. The van der Waals surface area contributed by atoms with Crippen molar-refractivity contribution >= 4 is 6.08 Å². The average Bonchev–Trinajstić information content (AvgIpc) is 3.39. The molecular weight excluding hydrogens is 358 g/mol. The number of halogens is 2. The second-order valence-electron chi connectivity index (χ2n) is 6.91. The Morgan fingerprint density at radius 3 is 2.57 bits per heavy atom. The van der Waals surface area contributed by atoms with Crippen LogP contribution in [0.5, 0.6) is 0 Å². The van der Waals surface area contributed by atoms with Crippen molar-refractivity contribution in [1.29, 1.82) is 0 Å². The highest BCUT2D eigenvalue weighted by Gasteiger charge is 2.37. The summed E-state index contributed by atoms with van der Waals surface area (Å²) in [4.78, 5) is 7.13. The number of hydrogen-bond donors (Lipinski definition) is 2. The summed E-state index contributed by atoms with van der Waals surface area (Å²) in [6.45, 7) is 0. The van der Waals surface area contributed by atoms with E-state index >= 15 is 0 Å². The predicted octanol–water partition coefficient (Wildman–Crippen LogP) is 4.63. The Bertz CT molecular complexity index is 1160. The van der Waals surface area contributed by atoms with E-state index in [1.54, 1.807) is 18.6 Å². The van der Waals surface area contributed by atoms with E-state index in [0.29, 0.717) is 12.0 Å². The average molecular weight is 374 g/mol. The third kappa shape index (κ3) is 2.49. The van der Waals surface area contributed by atoms with Crippen LogP contribution in [-0.4, -0.2) is 20.2 Å². The first-order valence-electron chi connectivity index (χ1n) is 8.94. The monoisotopic (exact) mass is 374 g/mol. The van der Waals surface area contributed by atoms with Gasteiger partial charge in [0, 0.05) is 23.1 Å². The number of benzene rings is 2. The molecule has 6 heteroatoms. The summed E-state index contributed by atoms with van der Waals surface area (Å²) in [5.41, 5.74) is 4.58. The fourth-order valence-electron chi connectivity index (χ4n) is 3.93. The molecule has 0 fully saturated rings. The van der Waals surface area contributed by atoms with Crippen LogP contribution in [0.15, 0.2) is 67.1 Å². The molecule has 2 aromatic carbocycles. The van der Waals surface area contributed by atoms with Gasteiger partial charge in [0.1, 0.15) is 5.69 Å². The van der Waals surface area contributed by atoms with Crippen molar-refractivity contribution in [2.45, 2.75) is 11.8 Å². The third-order valence-electron chi connectivity index (χ3n) is 5.35. The van der Waals surface area contributed by atoms with E-state index in [1.165, 1.54) is 12.1 Å². The molecule has 0 radical (unpaired) electrons. The number of hydrogen-bond acceptors (Lipinski definition) is 2. The normalized spacial score (nSPS) is 18.2. The number of nitrogens with zero attached hydrogens (tertiary/aromatic N) is 2. The molecule has 1 aliphatic rings. The highest BCUT2D eigenvalue weighted by molar-refractivity contribution is 5.74. The van der Waals surface area contributed by atoms with Gasteiger partial charge in [-0.15, -0.1) is 0 Å². The zero-order chi connectivity index (χ0) is 19.1. The smallest absolute Gasteiger partial charge is 0.159 e. The molecule has 2 heterocycles. The van der Waals surface area contributed by atoms with E-state index in [2.05, 4.69) is 20.2 Å². The van der Waals surface area contributed by atoms with Gasteiger partial charge in [-0.2, -0.15) is 5.10 Å². The molecule has 0 bridgehead atoms. The molecule has 28 heavy (non-hydrogen) atoms. The summed E-state index contributed by atoms with van der Waals surface area (Å²) in [6.07, 6.45) is 7.92. The summed E-state index contributed by atoms with van der Waals surface area (Å²) in [7, 11) is 0. The number of nitrogens with one attached hydrogen (secondary N) is 2. The fourth-order valence-corrected chi connectivity index (χ4v) is 3.93. The molecular formula is C22H16F2N4. The Morgan fingerprint density at radius 1 is 0.964 bits per heavy atom. The molecule has 138 valence electrons. The van der Waals surface area contributed by atoms with Gasteiger partial charge < -0.3 is 4.98 Å². The first-order valence-corrected chi connectivity index (χ1v) is 8.94. The number of allylic oxidation sites excluding steroid dienone is 1. The molecule has 0 saturated carbocycles. The van der Waals surface area contributed by atoms with Gasteiger partial charge in [-0.1, -0.05) is 48.6 Å². The number of rotatable bonds is 3. The SMILES string of the molecule is Fc1ccc(C2(c3ccccc3)C=Cc3c(-c4cnc[nH]4)n[nH]c3C2)cc1F. The molecule has 4 nitrogen and oxygen atoms in total. The van der Waals surface area contributed by atoms with Crippen molar-refractivity contribution in [3.8, 4) is 11.4 Å².